The molecule has 4 saturated carbocycles. The topological polar surface area (TPSA) is 43.4 Å². The minimum atomic E-state index is -0.119. The average Bonchev–Trinajstić information content (AvgIpc) is 3.16. The molecule has 0 radical (unpaired) electrons. The molecule has 190 valence electrons. The van der Waals surface area contributed by atoms with E-state index in [1.54, 1.807) is 6.92 Å². The van der Waals surface area contributed by atoms with Crippen LogP contribution in [0.25, 0.3) is 0 Å². The fraction of sp³-hybridized carbons (Fsp3) is 0.871. The normalized spacial score (nSPS) is 48.2. The first kappa shape index (κ1) is 24.6. The standard InChI is InChI=1S/C31H48O3/c1-19(2)22-10-15-31(18-34-21(4)32)17-16-29(6)24(27(22)31)8-9-26-28(5)13-12-25(33)20(3)23(28)11-14-30(26,29)7/h19,22,24,26-27H,8-18H2,1-7H3/t22-,24+,26+,27+,28-,29+,30+,31+/m0/s1. The van der Waals surface area contributed by atoms with Crippen LogP contribution in [0.4, 0.5) is 0 Å². The molecule has 3 nitrogen and oxygen atoms in total. The molecule has 5 aliphatic carbocycles. The number of carbonyl (C=O) groups is 2. The van der Waals surface area contributed by atoms with E-state index in [4.69, 9.17) is 4.74 Å². The quantitative estimate of drug-likeness (QED) is 0.402. The van der Waals surface area contributed by atoms with Gasteiger partial charge in [0.05, 0.1) is 6.61 Å². The van der Waals surface area contributed by atoms with E-state index >= 15 is 0 Å². The van der Waals surface area contributed by atoms with Gasteiger partial charge in [0, 0.05) is 18.8 Å². The molecule has 0 saturated heterocycles. The highest BCUT2D eigenvalue weighted by Gasteiger charge is 2.69. The van der Waals surface area contributed by atoms with Crippen molar-refractivity contribution in [2.24, 2.45) is 51.2 Å². The first-order valence-corrected chi connectivity index (χ1v) is 14.3. The minimum Gasteiger partial charge on any atom is -0.465 e. The van der Waals surface area contributed by atoms with Crippen LogP contribution in [0.3, 0.4) is 0 Å². The van der Waals surface area contributed by atoms with Crippen molar-refractivity contribution in [3.8, 4) is 0 Å². The van der Waals surface area contributed by atoms with E-state index in [0.29, 0.717) is 46.9 Å². The van der Waals surface area contributed by atoms with E-state index in [2.05, 4.69) is 41.5 Å². The number of hydrogen-bond acceptors (Lipinski definition) is 3. The van der Waals surface area contributed by atoms with E-state index in [1.165, 1.54) is 50.5 Å². The van der Waals surface area contributed by atoms with Crippen molar-refractivity contribution in [3.05, 3.63) is 11.1 Å². The monoisotopic (exact) mass is 468 g/mol. The summed E-state index contributed by atoms with van der Waals surface area (Å²) in [4.78, 5) is 24.4. The van der Waals surface area contributed by atoms with Gasteiger partial charge >= 0.3 is 5.97 Å². The third-order valence-electron chi connectivity index (χ3n) is 12.9. The van der Waals surface area contributed by atoms with Gasteiger partial charge in [0.25, 0.3) is 0 Å². The van der Waals surface area contributed by atoms with Crippen LogP contribution in [0.15, 0.2) is 11.1 Å². The Morgan fingerprint density at radius 1 is 0.971 bits per heavy atom. The molecule has 0 aliphatic heterocycles. The Bertz CT molecular complexity index is 916. The van der Waals surface area contributed by atoms with Gasteiger partial charge in [0.1, 0.15) is 0 Å². The molecule has 0 spiro atoms. The van der Waals surface area contributed by atoms with Gasteiger partial charge in [-0.2, -0.15) is 0 Å². The molecule has 0 aromatic carbocycles. The fourth-order valence-corrected chi connectivity index (χ4v) is 10.9. The van der Waals surface area contributed by atoms with Crippen LogP contribution in [0.1, 0.15) is 113 Å². The summed E-state index contributed by atoms with van der Waals surface area (Å²) in [5.41, 5.74) is 3.62. The lowest BCUT2D eigenvalue weighted by Gasteiger charge is -2.70. The van der Waals surface area contributed by atoms with Crippen molar-refractivity contribution >= 4 is 11.8 Å². The highest BCUT2D eigenvalue weighted by molar-refractivity contribution is 5.96. The van der Waals surface area contributed by atoms with Crippen LogP contribution in [0, 0.1) is 51.2 Å². The number of rotatable bonds is 3. The molecule has 8 atom stereocenters. The molecule has 0 bridgehead atoms. The molecule has 4 fully saturated rings. The smallest absolute Gasteiger partial charge is 0.302 e. The molecule has 5 rings (SSSR count). The van der Waals surface area contributed by atoms with E-state index in [9.17, 15) is 9.59 Å². The second-order valence-corrected chi connectivity index (χ2v) is 14.1. The average molecular weight is 469 g/mol. The van der Waals surface area contributed by atoms with Crippen LogP contribution >= 0.6 is 0 Å². The zero-order valence-corrected chi connectivity index (χ0v) is 22.9. The predicted molar refractivity (Wildman–Crippen MR) is 136 cm³/mol. The van der Waals surface area contributed by atoms with Gasteiger partial charge in [0.2, 0.25) is 0 Å². The maximum Gasteiger partial charge on any atom is 0.302 e. The second kappa shape index (κ2) is 7.94. The van der Waals surface area contributed by atoms with Crippen molar-refractivity contribution in [1.82, 2.24) is 0 Å². The lowest BCUT2D eigenvalue weighted by Crippen LogP contribution is -2.63. The molecule has 0 aromatic heterocycles. The third kappa shape index (κ3) is 3.13. The first-order valence-electron chi connectivity index (χ1n) is 14.3. The third-order valence-corrected chi connectivity index (χ3v) is 12.9. The summed E-state index contributed by atoms with van der Waals surface area (Å²) in [5, 5.41) is 0. The first-order chi connectivity index (χ1) is 15.9. The van der Waals surface area contributed by atoms with Crippen molar-refractivity contribution in [2.75, 3.05) is 6.61 Å². The number of carbonyl (C=O) groups excluding carboxylic acids is 2. The zero-order valence-electron chi connectivity index (χ0n) is 22.9. The van der Waals surface area contributed by atoms with Crippen LogP contribution in [0.5, 0.6) is 0 Å². The summed E-state index contributed by atoms with van der Waals surface area (Å²) in [6, 6.07) is 0. The summed E-state index contributed by atoms with van der Waals surface area (Å²) in [5.74, 6) is 3.76. The fourth-order valence-electron chi connectivity index (χ4n) is 10.9. The van der Waals surface area contributed by atoms with Gasteiger partial charge in [-0.05, 0) is 116 Å². The molecular weight excluding hydrogens is 420 g/mol. The zero-order chi connectivity index (χ0) is 24.7. The lowest BCUT2D eigenvalue weighted by atomic mass is 9.34. The maximum absolute atomic E-state index is 12.6. The van der Waals surface area contributed by atoms with Crippen molar-refractivity contribution in [3.63, 3.8) is 0 Å². The van der Waals surface area contributed by atoms with Gasteiger partial charge in [-0.15, -0.1) is 0 Å². The van der Waals surface area contributed by atoms with Crippen LogP contribution in [0.2, 0.25) is 0 Å². The van der Waals surface area contributed by atoms with E-state index in [0.717, 1.165) is 30.8 Å². The molecule has 0 unspecified atom stereocenters. The number of ketones is 1. The number of Topliss-reactive ketones (excluding diaryl/α,β-unsaturated/α-hetero) is 1. The van der Waals surface area contributed by atoms with E-state index in [-0.39, 0.29) is 16.8 Å². The Hall–Kier alpha value is -1.12. The molecule has 0 heterocycles. The number of ether oxygens (including phenoxy) is 1. The van der Waals surface area contributed by atoms with Crippen molar-refractivity contribution in [2.45, 2.75) is 113 Å². The molecule has 0 amide bonds. The van der Waals surface area contributed by atoms with Gasteiger partial charge in [0.15, 0.2) is 5.78 Å². The van der Waals surface area contributed by atoms with E-state index < -0.39 is 0 Å². The Morgan fingerprint density at radius 2 is 1.71 bits per heavy atom. The van der Waals surface area contributed by atoms with Crippen molar-refractivity contribution in [1.29, 1.82) is 0 Å². The number of allylic oxidation sites excluding steroid dienone is 2. The van der Waals surface area contributed by atoms with Crippen molar-refractivity contribution < 1.29 is 14.3 Å². The summed E-state index contributed by atoms with van der Waals surface area (Å²) >= 11 is 0. The number of fused-ring (bicyclic) bond motifs is 7. The van der Waals surface area contributed by atoms with Gasteiger partial charge in [-0.1, -0.05) is 40.2 Å². The SMILES string of the molecule is CC(=O)OC[C@]12CC[C@@H](C(C)C)[C@@H]1[C@H]1CC[C@@H]3[C@@]4(C)CCC(=O)C(C)=C4CC[C@@]3(C)[C@]1(C)CC2. The molecule has 3 heteroatoms. The minimum absolute atomic E-state index is 0.119. The molecular formula is C31H48O3. The summed E-state index contributed by atoms with van der Waals surface area (Å²) < 4.78 is 5.79. The highest BCUT2D eigenvalue weighted by atomic mass is 16.5. The maximum atomic E-state index is 12.6. The predicted octanol–water partition coefficient (Wildman–Crippen LogP) is 7.53. The summed E-state index contributed by atoms with van der Waals surface area (Å²) in [6.07, 6.45) is 11.7. The lowest BCUT2D eigenvalue weighted by molar-refractivity contribution is -0.207. The van der Waals surface area contributed by atoms with Gasteiger partial charge in [-0.25, -0.2) is 0 Å². The molecule has 5 aliphatic rings. The van der Waals surface area contributed by atoms with E-state index in [1.807, 2.05) is 0 Å². The highest BCUT2D eigenvalue weighted by Crippen LogP contribution is 2.76. The Balaban J connectivity index is 1.54. The largest absolute Gasteiger partial charge is 0.465 e. The molecule has 0 aromatic rings. The van der Waals surface area contributed by atoms with Crippen LogP contribution < -0.4 is 0 Å². The number of hydrogen-bond donors (Lipinski definition) is 0. The second-order valence-electron chi connectivity index (χ2n) is 14.1. The van der Waals surface area contributed by atoms with Crippen LogP contribution in [-0.4, -0.2) is 18.4 Å². The summed E-state index contributed by atoms with van der Waals surface area (Å²) in [6.45, 7) is 17.0. The van der Waals surface area contributed by atoms with Crippen LogP contribution in [-0.2, 0) is 14.3 Å². The molecule has 34 heavy (non-hydrogen) atoms. The number of esters is 1. The molecule has 0 N–H and O–H groups in total. The Morgan fingerprint density at radius 3 is 2.38 bits per heavy atom. The van der Waals surface area contributed by atoms with Gasteiger partial charge in [-0.3, -0.25) is 9.59 Å². The Kier molecular flexibility index (Phi) is 5.74. The summed E-state index contributed by atoms with van der Waals surface area (Å²) in [7, 11) is 0. The Labute approximate surface area is 207 Å². The van der Waals surface area contributed by atoms with Gasteiger partial charge < -0.3 is 4.74 Å².